The van der Waals surface area contributed by atoms with Crippen LogP contribution in [-0.2, 0) is 0 Å². The summed E-state index contributed by atoms with van der Waals surface area (Å²) in [5.74, 6) is 0.625. The molecule has 1 aromatic carbocycles. The highest BCUT2D eigenvalue weighted by Crippen LogP contribution is 2.36. The van der Waals surface area contributed by atoms with Gasteiger partial charge in [0.25, 0.3) is 0 Å². The molecule has 0 spiro atoms. The van der Waals surface area contributed by atoms with Gasteiger partial charge < -0.3 is 5.11 Å². The number of hydrogen-bond donors (Lipinski definition) is 1. The second kappa shape index (κ2) is 4.85. The monoisotopic (exact) mass is 213 g/mol. The predicted octanol–water partition coefficient (Wildman–Crippen LogP) is 3.50. The third-order valence-corrected chi connectivity index (χ3v) is 3.11. The second-order valence-electron chi connectivity index (χ2n) is 4.19. The molecule has 0 saturated heterocycles. The van der Waals surface area contributed by atoms with Gasteiger partial charge in [0.2, 0.25) is 0 Å². The molecule has 0 heterocycles. The Hall–Kier alpha value is -1.75. The first-order chi connectivity index (χ1) is 7.81. The molecule has 2 nitrogen and oxygen atoms in total. The van der Waals surface area contributed by atoms with E-state index in [-0.39, 0.29) is 0 Å². The minimum absolute atomic E-state index is 0.305. The van der Waals surface area contributed by atoms with Gasteiger partial charge in [-0.25, -0.2) is 0 Å². The Balaban J connectivity index is 2.28. The highest BCUT2D eigenvalue weighted by molar-refractivity contribution is 5.36. The lowest BCUT2D eigenvalue weighted by atomic mass is 9.81. The molecule has 0 aromatic heterocycles. The van der Waals surface area contributed by atoms with Crippen LogP contribution >= 0.6 is 0 Å². The summed E-state index contributed by atoms with van der Waals surface area (Å²) in [6.45, 7) is 0. The fourth-order valence-corrected chi connectivity index (χ4v) is 2.35. The molecular weight excluding hydrogens is 198 g/mol. The summed E-state index contributed by atoms with van der Waals surface area (Å²) in [4.78, 5) is 0. The van der Waals surface area contributed by atoms with Gasteiger partial charge in [0, 0.05) is 5.92 Å². The largest absolute Gasteiger partial charge is 0.508 e. The molecule has 0 saturated carbocycles. The highest BCUT2D eigenvalue weighted by atomic mass is 16.3. The van der Waals surface area contributed by atoms with Crippen LogP contribution in [0.3, 0.4) is 0 Å². The number of phenolic OH excluding ortho intramolecular Hbond substituents is 1. The number of rotatable bonds is 2. The molecule has 16 heavy (non-hydrogen) atoms. The van der Waals surface area contributed by atoms with Crippen molar-refractivity contribution in [3.63, 3.8) is 0 Å². The van der Waals surface area contributed by atoms with Crippen LogP contribution in [0.2, 0.25) is 0 Å². The van der Waals surface area contributed by atoms with E-state index < -0.39 is 0 Å². The second-order valence-corrected chi connectivity index (χ2v) is 4.19. The molecule has 0 fully saturated rings. The molecule has 1 unspecified atom stereocenters. The van der Waals surface area contributed by atoms with Crippen LogP contribution < -0.4 is 0 Å². The van der Waals surface area contributed by atoms with Crippen molar-refractivity contribution in [2.24, 2.45) is 0 Å². The molecule has 1 N–H and O–H groups in total. The maximum Gasteiger partial charge on any atom is 0.115 e. The van der Waals surface area contributed by atoms with E-state index >= 15 is 0 Å². The normalized spacial score (nSPS) is 19.9. The molecule has 0 amide bonds. The van der Waals surface area contributed by atoms with Crippen LogP contribution in [0.1, 0.15) is 37.2 Å². The first kappa shape index (κ1) is 10.8. The van der Waals surface area contributed by atoms with E-state index in [2.05, 4.69) is 12.1 Å². The van der Waals surface area contributed by atoms with Crippen LogP contribution in [0.15, 0.2) is 35.9 Å². The Morgan fingerprint density at radius 2 is 2.31 bits per heavy atom. The lowest BCUT2D eigenvalue weighted by Gasteiger charge is -2.23. The zero-order valence-electron chi connectivity index (χ0n) is 9.19. The summed E-state index contributed by atoms with van der Waals surface area (Å²) < 4.78 is 0. The third kappa shape index (κ3) is 2.25. The van der Waals surface area contributed by atoms with Crippen molar-refractivity contribution in [2.75, 3.05) is 0 Å². The molecule has 2 heteroatoms. The van der Waals surface area contributed by atoms with Gasteiger partial charge in [-0.3, -0.25) is 0 Å². The molecular formula is C14H15NO. The van der Waals surface area contributed by atoms with Crippen LogP contribution in [0.5, 0.6) is 5.75 Å². The van der Waals surface area contributed by atoms with Crippen molar-refractivity contribution in [3.05, 3.63) is 41.5 Å². The zero-order chi connectivity index (χ0) is 11.4. The molecule has 1 aliphatic carbocycles. The third-order valence-electron chi connectivity index (χ3n) is 3.11. The number of allylic oxidation sites excluding steroid dienone is 2. The molecule has 1 aliphatic rings. The predicted molar refractivity (Wildman–Crippen MR) is 63.0 cm³/mol. The van der Waals surface area contributed by atoms with Crippen LogP contribution in [0.4, 0.5) is 0 Å². The maximum atomic E-state index is 9.48. The first-order valence-corrected chi connectivity index (χ1v) is 5.66. The standard InChI is InChI=1S/C14H15NO/c15-9-8-11-4-1-2-7-14(11)12-5-3-6-13(16)10-12/h3-6,10,14,16H,1-2,7-8H2. The topological polar surface area (TPSA) is 44.0 Å². The Morgan fingerprint density at radius 3 is 3.06 bits per heavy atom. The molecule has 0 radical (unpaired) electrons. The van der Waals surface area contributed by atoms with Crippen molar-refractivity contribution in [1.82, 2.24) is 0 Å². The summed E-state index contributed by atoms with van der Waals surface area (Å²) in [6, 6.07) is 9.60. The van der Waals surface area contributed by atoms with E-state index in [9.17, 15) is 5.11 Å². The summed E-state index contributed by atoms with van der Waals surface area (Å²) in [5, 5.41) is 18.3. The van der Waals surface area contributed by atoms with Gasteiger partial charge in [0.05, 0.1) is 12.5 Å². The fraction of sp³-hybridized carbons (Fsp3) is 0.357. The molecule has 0 bridgehead atoms. The van der Waals surface area contributed by atoms with Gasteiger partial charge in [-0.15, -0.1) is 0 Å². The Kier molecular flexibility index (Phi) is 3.26. The smallest absolute Gasteiger partial charge is 0.115 e. The lowest BCUT2D eigenvalue weighted by Crippen LogP contribution is -2.06. The van der Waals surface area contributed by atoms with E-state index in [0.29, 0.717) is 18.1 Å². The molecule has 0 aliphatic heterocycles. The van der Waals surface area contributed by atoms with Crippen molar-refractivity contribution < 1.29 is 5.11 Å². The number of nitrogens with zero attached hydrogens (tertiary/aromatic N) is 1. The Labute approximate surface area is 95.8 Å². The van der Waals surface area contributed by atoms with E-state index in [0.717, 1.165) is 24.8 Å². The van der Waals surface area contributed by atoms with Gasteiger partial charge >= 0.3 is 0 Å². The van der Waals surface area contributed by atoms with Gasteiger partial charge in [-0.1, -0.05) is 23.8 Å². The van der Waals surface area contributed by atoms with Gasteiger partial charge in [-0.05, 0) is 37.0 Å². The summed E-state index contributed by atoms with van der Waals surface area (Å²) in [7, 11) is 0. The lowest BCUT2D eigenvalue weighted by molar-refractivity contribution is 0.473. The average molecular weight is 213 g/mol. The summed E-state index contributed by atoms with van der Waals surface area (Å²) in [6.07, 6.45) is 6.00. The van der Waals surface area contributed by atoms with Crippen molar-refractivity contribution in [1.29, 1.82) is 5.26 Å². The summed E-state index contributed by atoms with van der Waals surface area (Å²) >= 11 is 0. The number of aromatic hydroxyl groups is 1. The van der Waals surface area contributed by atoms with E-state index in [4.69, 9.17) is 5.26 Å². The van der Waals surface area contributed by atoms with Crippen LogP contribution in [0, 0.1) is 11.3 Å². The molecule has 1 atom stereocenters. The number of hydrogen-bond acceptors (Lipinski definition) is 2. The van der Waals surface area contributed by atoms with Crippen LogP contribution in [0.25, 0.3) is 0 Å². The SMILES string of the molecule is N#CCC1=CCCCC1c1cccc(O)c1. The van der Waals surface area contributed by atoms with E-state index in [1.165, 1.54) is 5.57 Å². The highest BCUT2D eigenvalue weighted by Gasteiger charge is 2.19. The van der Waals surface area contributed by atoms with Gasteiger partial charge in [-0.2, -0.15) is 5.26 Å². The number of phenols is 1. The van der Waals surface area contributed by atoms with Crippen LogP contribution in [-0.4, -0.2) is 5.11 Å². The van der Waals surface area contributed by atoms with Crippen molar-refractivity contribution in [2.45, 2.75) is 31.6 Å². The zero-order valence-corrected chi connectivity index (χ0v) is 9.19. The van der Waals surface area contributed by atoms with Crippen molar-refractivity contribution in [3.8, 4) is 11.8 Å². The first-order valence-electron chi connectivity index (χ1n) is 5.66. The van der Waals surface area contributed by atoms with Gasteiger partial charge in [0.15, 0.2) is 0 Å². The minimum Gasteiger partial charge on any atom is -0.508 e. The minimum atomic E-state index is 0.305. The molecule has 1 aromatic rings. The Bertz CT molecular complexity index is 442. The Morgan fingerprint density at radius 1 is 1.44 bits per heavy atom. The number of nitriles is 1. The average Bonchev–Trinajstić information content (AvgIpc) is 2.30. The summed E-state index contributed by atoms with van der Waals surface area (Å²) in [5.41, 5.74) is 2.33. The molecule has 82 valence electrons. The van der Waals surface area contributed by atoms with Crippen molar-refractivity contribution >= 4 is 0 Å². The number of benzene rings is 1. The quantitative estimate of drug-likeness (QED) is 0.764. The van der Waals surface area contributed by atoms with E-state index in [1.807, 2.05) is 12.1 Å². The molecule has 2 rings (SSSR count). The maximum absolute atomic E-state index is 9.48. The fourth-order valence-electron chi connectivity index (χ4n) is 2.35. The van der Waals surface area contributed by atoms with Gasteiger partial charge in [0.1, 0.15) is 5.75 Å². The van der Waals surface area contributed by atoms with E-state index in [1.54, 1.807) is 12.1 Å².